The Bertz CT molecular complexity index is 771. The predicted octanol–water partition coefficient (Wildman–Crippen LogP) is 4.37. The largest absolute Gasteiger partial charge is 0.434 e. The van der Waals surface area contributed by atoms with Crippen molar-refractivity contribution < 1.29 is 17.9 Å². The first-order valence-corrected chi connectivity index (χ1v) is 8.89. The van der Waals surface area contributed by atoms with Crippen molar-refractivity contribution in [3.05, 3.63) is 45.2 Å². The summed E-state index contributed by atoms with van der Waals surface area (Å²) in [5.74, 6) is -0.408. The van der Waals surface area contributed by atoms with Gasteiger partial charge in [-0.15, -0.1) is 35.3 Å². The average Bonchev–Trinajstić information content (AvgIpc) is 2.89. The molecule has 0 radical (unpaired) electrons. The first-order chi connectivity index (χ1) is 12.4. The van der Waals surface area contributed by atoms with Crippen LogP contribution >= 0.6 is 35.3 Å². The summed E-state index contributed by atoms with van der Waals surface area (Å²) in [6, 6.07) is 3.80. The standard InChI is InChI=1S/C17H21F3N4OS.HI/c1-4-21-17(23-9-15-10(2)24-11(3)26-15)22-8-12-13(18)6-5-7-14(12)25-16(19)20;/h5-7,16H,4,8-9H2,1-3H3,(H2,21,22,23);1H. The zero-order valence-electron chi connectivity index (χ0n) is 15.2. The van der Waals surface area contributed by atoms with Crippen LogP contribution < -0.4 is 15.4 Å². The number of thiazole rings is 1. The lowest BCUT2D eigenvalue weighted by atomic mass is 10.2. The van der Waals surface area contributed by atoms with Crippen LogP contribution in [0.2, 0.25) is 0 Å². The third kappa shape index (κ3) is 7.17. The zero-order chi connectivity index (χ0) is 19.1. The highest BCUT2D eigenvalue weighted by molar-refractivity contribution is 14.0. The number of guanidine groups is 1. The molecule has 0 aliphatic carbocycles. The maximum Gasteiger partial charge on any atom is 0.387 e. The summed E-state index contributed by atoms with van der Waals surface area (Å²) < 4.78 is 43.4. The third-order valence-corrected chi connectivity index (χ3v) is 4.52. The number of aryl methyl sites for hydroxylation is 2. The predicted molar refractivity (Wildman–Crippen MR) is 112 cm³/mol. The van der Waals surface area contributed by atoms with Crippen LogP contribution in [0.15, 0.2) is 23.2 Å². The van der Waals surface area contributed by atoms with Gasteiger partial charge in [0.05, 0.1) is 29.4 Å². The minimum Gasteiger partial charge on any atom is -0.434 e. The number of nitrogens with one attached hydrogen (secondary N) is 2. The quantitative estimate of drug-likeness (QED) is 0.328. The van der Waals surface area contributed by atoms with E-state index in [0.29, 0.717) is 19.0 Å². The van der Waals surface area contributed by atoms with Crippen LogP contribution in [0.3, 0.4) is 0 Å². The van der Waals surface area contributed by atoms with Gasteiger partial charge in [-0.3, -0.25) is 0 Å². The fourth-order valence-electron chi connectivity index (χ4n) is 2.30. The lowest BCUT2D eigenvalue weighted by Crippen LogP contribution is -2.36. The van der Waals surface area contributed by atoms with Gasteiger partial charge in [-0.1, -0.05) is 6.07 Å². The number of hydrogen-bond donors (Lipinski definition) is 2. The smallest absolute Gasteiger partial charge is 0.387 e. The molecule has 27 heavy (non-hydrogen) atoms. The van der Waals surface area contributed by atoms with Gasteiger partial charge in [0, 0.05) is 11.4 Å². The summed E-state index contributed by atoms with van der Waals surface area (Å²) in [5, 5.41) is 7.15. The lowest BCUT2D eigenvalue weighted by molar-refractivity contribution is -0.0506. The molecule has 0 bridgehead atoms. The highest BCUT2D eigenvalue weighted by Gasteiger charge is 2.14. The van der Waals surface area contributed by atoms with Gasteiger partial charge in [0.1, 0.15) is 11.6 Å². The Morgan fingerprint density at radius 1 is 1.30 bits per heavy atom. The Kier molecular flexibility index (Phi) is 9.84. The van der Waals surface area contributed by atoms with Gasteiger partial charge in [0.25, 0.3) is 0 Å². The highest BCUT2D eigenvalue weighted by atomic mass is 127. The number of benzene rings is 1. The molecule has 0 spiro atoms. The molecule has 0 saturated carbocycles. The van der Waals surface area contributed by atoms with Crippen molar-refractivity contribution in [2.75, 3.05) is 6.54 Å². The molecule has 0 amide bonds. The fourth-order valence-corrected chi connectivity index (χ4v) is 3.18. The van der Waals surface area contributed by atoms with Crippen molar-refractivity contribution in [3.8, 4) is 5.75 Å². The molecule has 150 valence electrons. The van der Waals surface area contributed by atoms with Crippen molar-refractivity contribution in [1.82, 2.24) is 15.6 Å². The summed E-state index contributed by atoms with van der Waals surface area (Å²) in [6.07, 6.45) is 0. The third-order valence-electron chi connectivity index (χ3n) is 3.45. The maximum atomic E-state index is 14.0. The second kappa shape index (κ2) is 11.3. The Morgan fingerprint density at radius 3 is 2.63 bits per heavy atom. The molecule has 2 aromatic rings. The Balaban J connectivity index is 0.00000364. The molecule has 2 rings (SSSR count). The van der Waals surface area contributed by atoms with Crippen molar-refractivity contribution in [1.29, 1.82) is 0 Å². The summed E-state index contributed by atoms with van der Waals surface area (Å²) >= 11 is 1.58. The van der Waals surface area contributed by atoms with Gasteiger partial charge >= 0.3 is 6.61 Å². The van der Waals surface area contributed by atoms with Gasteiger partial charge in [-0.2, -0.15) is 8.78 Å². The van der Waals surface area contributed by atoms with Crippen molar-refractivity contribution in [2.24, 2.45) is 4.99 Å². The number of aromatic nitrogens is 1. The van der Waals surface area contributed by atoms with E-state index in [2.05, 4.69) is 25.3 Å². The van der Waals surface area contributed by atoms with Gasteiger partial charge in [0.15, 0.2) is 5.96 Å². The average molecular weight is 514 g/mol. The van der Waals surface area contributed by atoms with Crippen molar-refractivity contribution in [3.63, 3.8) is 0 Å². The fraction of sp³-hybridized carbons (Fsp3) is 0.412. The van der Waals surface area contributed by atoms with Crippen LogP contribution in [0.5, 0.6) is 5.75 Å². The maximum absolute atomic E-state index is 14.0. The van der Waals surface area contributed by atoms with E-state index in [-0.39, 0.29) is 41.8 Å². The number of aliphatic imine (C=N–C) groups is 1. The monoisotopic (exact) mass is 514 g/mol. The normalized spacial score (nSPS) is 11.3. The zero-order valence-corrected chi connectivity index (χ0v) is 18.3. The first kappa shape index (κ1) is 23.5. The van der Waals surface area contributed by atoms with Crippen molar-refractivity contribution in [2.45, 2.75) is 40.5 Å². The SMILES string of the molecule is CCNC(=NCc1c(F)cccc1OC(F)F)NCc1sc(C)nc1C.I. The second-order valence-corrected chi connectivity index (χ2v) is 6.67. The summed E-state index contributed by atoms with van der Waals surface area (Å²) in [7, 11) is 0. The molecule has 2 N–H and O–H groups in total. The van der Waals surface area contributed by atoms with E-state index in [1.807, 2.05) is 20.8 Å². The molecule has 1 aromatic heterocycles. The van der Waals surface area contributed by atoms with Crippen molar-refractivity contribution >= 4 is 41.3 Å². The Hall–Kier alpha value is -1.56. The molecule has 0 aliphatic rings. The van der Waals surface area contributed by atoms with Crippen LogP contribution in [0.25, 0.3) is 0 Å². The summed E-state index contributed by atoms with van der Waals surface area (Å²) in [5.41, 5.74) is 0.924. The van der Waals surface area contributed by atoms with Gasteiger partial charge < -0.3 is 15.4 Å². The van der Waals surface area contributed by atoms with E-state index in [9.17, 15) is 13.2 Å². The minimum absolute atomic E-state index is 0. The molecule has 5 nitrogen and oxygen atoms in total. The number of halogens is 4. The van der Waals surface area contributed by atoms with E-state index >= 15 is 0 Å². The molecule has 1 heterocycles. The van der Waals surface area contributed by atoms with Crippen LogP contribution in [-0.2, 0) is 13.1 Å². The number of rotatable bonds is 7. The van der Waals surface area contributed by atoms with Crippen LogP contribution in [0, 0.1) is 19.7 Å². The summed E-state index contributed by atoms with van der Waals surface area (Å²) in [6.45, 7) is 3.72. The number of nitrogens with zero attached hydrogens (tertiary/aromatic N) is 2. The number of hydrogen-bond acceptors (Lipinski definition) is 4. The van der Waals surface area contributed by atoms with E-state index in [0.717, 1.165) is 15.6 Å². The lowest BCUT2D eigenvalue weighted by Gasteiger charge is -2.13. The van der Waals surface area contributed by atoms with E-state index < -0.39 is 12.4 Å². The molecule has 1 aromatic carbocycles. The molecular formula is C17H22F3IN4OS. The van der Waals surface area contributed by atoms with Crippen LogP contribution in [0.1, 0.15) is 28.1 Å². The molecule has 10 heteroatoms. The van der Waals surface area contributed by atoms with Gasteiger partial charge in [0.2, 0.25) is 0 Å². The number of alkyl halides is 2. The molecule has 0 saturated heterocycles. The van der Waals surface area contributed by atoms with Gasteiger partial charge in [-0.05, 0) is 32.9 Å². The first-order valence-electron chi connectivity index (χ1n) is 8.08. The minimum atomic E-state index is -3.02. The van der Waals surface area contributed by atoms with E-state index in [4.69, 9.17) is 0 Å². The second-order valence-electron chi connectivity index (χ2n) is 5.39. The Labute approximate surface area is 177 Å². The molecule has 0 aliphatic heterocycles. The molecule has 0 unspecified atom stereocenters. The van der Waals surface area contributed by atoms with E-state index in [1.165, 1.54) is 18.2 Å². The van der Waals surface area contributed by atoms with E-state index in [1.54, 1.807) is 11.3 Å². The molecule has 0 atom stereocenters. The van der Waals surface area contributed by atoms with Crippen LogP contribution in [-0.4, -0.2) is 24.1 Å². The number of ether oxygens (including phenoxy) is 1. The topological polar surface area (TPSA) is 58.5 Å². The Morgan fingerprint density at radius 2 is 2.04 bits per heavy atom. The molecular weight excluding hydrogens is 492 g/mol. The molecule has 0 fully saturated rings. The van der Waals surface area contributed by atoms with Gasteiger partial charge in [-0.25, -0.2) is 14.4 Å². The van der Waals surface area contributed by atoms with Crippen LogP contribution in [0.4, 0.5) is 13.2 Å². The highest BCUT2D eigenvalue weighted by Crippen LogP contribution is 2.24. The summed E-state index contributed by atoms with van der Waals surface area (Å²) in [4.78, 5) is 9.71.